The van der Waals surface area contributed by atoms with Crippen LogP contribution >= 0.6 is 0 Å². The molecule has 0 amide bonds. The molecule has 3 rings (SSSR count). The molecule has 0 radical (unpaired) electrons. The van der Waals surface area contributed by atoms with Gasteiger partial charge >= 0.3 is 0 Å². The van der Waals surface area contributed by atoms with Gasteiger partial charge in [0.15, 0.2) is 0 Å². The molecule has 188 valence electrons. The van der Waals surface area contributed by atoms with Crippen LogP contribution in [-0.2, 0) is 0 Å². The Labute approximate surface area is 201 Å². The maximum absolute atomic E-state index is 9.05. The molecular formula is C31H58O. The molecule has 0 aromatic rings. The third-order valence-electron chi connectivity index (χ3n) is 10.6. The molecule has 0 bridgehead atoms. The van der Waals surface area contributed by atoms with Crippen molar-refractivity contribution in [1.29, 1.82) is 0 Å². The van der Waals surface area contributed by atoms with Crippen molar-refractivity contribution in [2.75, 3.05) is 6.61 Å². The maximum atomic E-state index is 9.05. The van der Waals surface area contributed by atoms with Gasteiger partial charge in [0.05, 0.1) is 0 Å². The molecular weight excluding hydrogens is 388 g/mol. The van der Waals surface area contributed by atoms with Gasteiger partial charge in [-0.3, -0.25) is 0 Å². The largest absolute Gasteiger partial charge is 0.396 e. The quantitative estimate of drug-likeness (QED) is 0.296. The first-order chi connectivity index (χ1) is 15.7. The van der Waals surface area contributed by atoms with E-state index in [0.29, 0.717) is 6.61 Å². The van der Waals surface area contributed by atoms with Crippen molar-refractivity contribution in [3.05, 3.63) is 0 Å². The lowest BCUT2D eigenvalue weighted by molar-refractivity contribution is 0.0287. The summed E-state index contributed by atoms with van der Waals surface area (Å²) in [6, 6.07) is 0. The van der Waals surface area contributed by atoms with E-state index >= 15 is 0 Å². The van der Waals surface area contributed by atoms with Crippen LogP contribution in [0.5, 0.6) is 0 Å². The summed E-state index contributed by atoms with van der Waals surface area (Å²) in [6.45, 7) is 7.72. The van der Waals surface area contributed by atoms with E-state index < -0.39 is 0 Å². The van der Waals surface area contributed by atoms with Crippen LogP contribution in [0.15, 0.2) is 0 Å². The molecule has 0 aliphatic heterocycles. The van der Waals surface area contributed by atoms with Crippen molar-refractivity contribution in [2.24, 2.45) is 47.3 Å². The summed E-state index contributed by atoms with van der Waals surface area (Å²) in [7, 11) is 0. The Morgan fingerprint density at radius 2 is 1.16 bits per heavy atom. The van der Waals surface area contributed by atoms with E-state index in [9.17, 15) is 0 Å². The van der Waals surface area contributed by atoms with Gasteiger partial charge in [0.2, 0.25) is 0 Å². The van der Waals surface area contributed by atoms with Crippen LogP contribution in [0.2, 0.25) is 0 Å². The van der Waals surface area contributed by atoms with Gasteiger partial charge in [-0.1, -0.05) is 91.4 Å². The average molecular weight is 447 g/mol. The summed E-state index contributed by atoms with van der Waals surface area (Å²) in [5, 5.41) is 9.05. The number of aliphatic hydroxyl groups excluding tert-OH is 1. The molecule has 0 heterocycles. The van der Waals surface area contributed by atoms with Crippen molar-refractivity contribution in [2.45, 2.75) is 143 Å². The molecule has 6 unspecified atom stereocenters. The molecule has 1 N–H and O–H groups in total. The lowest BCUT2D eigenvalue weighted by Crippen LogP contribution is -2.38. The fourth-order valence-electron chi connectivity index (χ4n) is 8.66. The Morgan fingerprint density at radius 3 is 1.84 bits per heavy atom. The molecule has 1 heteroatoms. The van der Waals surface area contributed by atoms with Gasteiger partial charge in [-0.25, -0.2) is 0 Å². The molecule has 0 saturated heterocycles. The van der Waals surface area contributed by atoms with Crippen LogP contribution in [-0.4, -0.2) is 11.7 Å². The molecule has 3 saturated carbocycles. The highest BCUT2D eigenvalue weighted by Crippen LogP contribution is 2.51. The van der Waals surface area contributed by atoms with Crippen molar-refractivity contribution in [3.63, 3.8) is 0 Å². The maximum Gasteiger partial charge on any atom is 0.0431 e. The first kappa shape index (κ1) is 26.6. The fourth-order valence-corrected chi connectivity index (χ4v) is 8.66. The molecule has 3 aliphatic rings. The summed E-state index contributed by atoms with van der Waals surface area (Å²) in [5.74, 6) is 8.27. The van der Waals surface area contributed by atoms with Gasteiger partial charge in [-0.2, -0.15) is 0 Å². The van der Waals surface area contributed by atoms with E-state index in [4.69, 9.17) is 5.11 Å². The van der Waals surface area contributed by atoms with Crippen molar-refractivity contribution in [1.82, 2.24) is 0 Å². The second-order valence-corrected chi connectivity index (χ2v) is 12.4. The van der Waals surface area contributed by atoms with Crippen LogP contribution in [0.3, 0.4) is 0 Å². The summed E-state index contributed by atoms with van der Waals surface area (Å²) in [4.78, 5) is 0. The molecule has 0 aromatic carbocycles. The molecule has 0 spiro atoms. The predicted molar refractivity (Wildman–Crippen MR) is 140 cm³/mol. The minimum Gasteiger partial charge on any atom is -0.396 e. The molecule has 3 fully saturated rings. The van der Waals surface area contributed by atoms with Gasteiger partial charge in [-0.15, -0.1) is 0 Å². The molecule has 0 aromatic heterocycles. The Hall–Kier alpha value is -0.0400. The molecule has 32 heavy (non-hydrogen) atoms. The minimum absolute atomic E-state index is 0.381. The van der Waals surface area contributed by atoms with Gasteiger partial charge in [0.25, 0.3) is 0 Å². The number of unbranched alkanes of at least 4 members (excludes halogenated alkanes) is 3. The van der Waals surface area contributed by atoms with E-state index in [0.717, 1.165) is 53.8 Å². The summed E-state index contributed by atoms with van der Waals surface area (Å²) in [6.07, 6.45) is 27.6. The lowest BCUT2D eigenvalue weighted by atomic mass is 9.58. The number of rotatable bonds is 12. The third-order valence-corrected chi connectivity index (χ3v) is 10.6. The monoisotopic (exact) mass is 446 g/mol. The van der Waals surface area contributed by atoms with Crippen molar-refractivity contribution >= 4 is 0 Å². The van der Waals surface area contributed by atoms with Crippen molar-refractivity contribution < 1.29 is 5.11 Å². The van der Waals surface area contributed by atoms with E-state index in [1.54, 1.807) is 44.9 Å². The highest BCUT2D eigenvalue weighted by atomic mass is 16.2. The zero-order chi connectivity index (χ0) is 22.8. The topological polar surface area (TPSA) is 20.2 Å². The summed E-state index contributed by atoms with van der Waals surface area (Å²) < 4.78 is 0. The molecule has 3 aliphatic carbocycles. The lowest BCUT2D eigenvalue weighted by Gasteiger charge is -2.47. The van der Waals surface area contributed by atoms with Gasteiger partial charge in [-0.05, 0) is 98.7 Å². The molecule has 1 nitrogen and oxygen atoms in total. The third kappa shape index (κ3) is 7.48. The molecule has 6 atom stereocenters. The number of aliphatic hydroxyl groups is 1. The van der Waals surface area contributed by atoms with E-state index in [1.165, 1.54) is 70.6 Å². The smallest absolute Gasteiger partial charge is 0.0431 e. The van der Waals surface area contributed by atoms with Gasteiger partial charge in [0, 0.05) is 6.61 Å². The zero-order valence-electron chi connectivity index (χ0n) is 22.2. The van der Waals surface area contributed by atoms with Crippen LogP contribution in [0.4, 0.5) is 0 Å². The SMILES string of the molecule is CCCCC1CCC(C2CCC(C3CCC(CCCCCO)CC3CC)CC2CC)CC1. The van der Waals surface area contributed by atoms with Gasteiger partial charge in [0.1, 0.15) is 0 Å². The van der Waals surface area contributed by atoms with E-state index in [1.807, 2.05) is 0 Å². The second kappa shape index (κ2) is 14.4. The fraction of sp³-hybridized carbons (Fsp3) is 1.00. The first-order valence-electron chi connectivity index (χ1n) is 15.3. The van der Waals surface area contributed by atoms with Crippen LogP contribution in [0.25, 0.3) is 0 Å². The standard InChI is InChI=1S/C31H58O/c1-4-7-11-24-13-16-28(17-14-24)30-20-18-29(23-27(30)6-3)31-19-15-25(22-26(31)5-2)12-9-8-10-21-32/h24-32H,4-23H2,1-3H3. The van der Waals surface area contributed by atoms with Gasteiger partial charge < -0.3 is 5.11 Å². The normalized spacial score (nSPS) is 38.6. The predicted octanol–water partition coefficient (Wildman–Crippen LogP) is 9.42. The average Bonchev–Trinajstić information content (AvgIpc) is 2.85. The second-order valence-electron chi connectivity index (χ2n) is 12.4. The zero-order valence-corrected chi connectivity index (χ0v) is 22.2. The Morgan fingerprint density at radius 1 is 0.562 bits per heavy atom. The minimum atomic E-state index is 0.381. The highest BCUT2D eigenvalue weighted by molar-refractivity contribution is 4.91. The summed E-state index contributed by atoms with van der Waals surface area (Å²) in [5.41, 5.74) is 0. The van der Waals surface area contributed by atoms with Crippen LogP contribution in [0, 0.1) is 47.3 Å². The van der Waals surface area contributed by atoms with Crippen molar-refractivity contribution in [3.8, 4) is 0 Å². The Bertz CT molecular complexity index is 479. The number of hydrogen-bond donors (Lipinski definition) is 1. The Balaban J connectivity index is 1.47. The number of hydrogen-bond acceptors (Lipinski definition) is 1. The van der Waals surface area contributed by atoms with Crippen LogP contribution in [0.1, 0.15) is 143 Å². The van der Waals surface area contributed by atoms with E-state index in [2.05, 4.69) is 20.8 Å². The van der Waals surface area contributed by atoms with Crippen LogP contribution < -0.4 is 0 Å². The Kier molecular flexibility index (Phi) is 11.9. The summed E-state index contributed by atoms with van der Waals surface area (Å²) >= 11 is 0. The van der Waals surface area contributed by atoms with E-state index in [-0.39, 0.29) is 0 Å². The highest BCUT2D eigenvalue weighted by Gasteiger charge is 2.41. The first-order valence-corrected chi connectivity index (χ1v) is 15.3.